The first-order valence-corrected chi connectivity index (χ1v) is 8.08. The molecule has 0 amide bonds. The van der Waals surface area contributed by atoms with E-state index in [1.807, 2.05) is 19.1 Å². The van der Waals surface area contributed by atoms with Crippen molar-refractivity contribution in [1.82, 2.24) is 0 Å². The SMILES string of the molecule is Cc1ccc(Oc2ccsc2S(=O)(=O)C[N+](=O)[O-])cc1. The maximum atomic E-state index is 11.9. The number of benzene rings is 1. The molecule has 1 aromatic heterocycles. The Bertz CT molecular complexity index is 719. The van der Waals surface area contributed by atoms with Crippen molar-refractivity contribution in [2.24, 2.45) is 0 Å². The van der Waals surface area contributed by atoms with E-state index in [1.165, 1.54) is 11.4 Å². The molecule has 1 aromatic carbocycles. The number of rotatable bonds is 5. The van der Waals surface area contributed by atoms with E-state index in [4.69, 9.17) is 4.74 Å². The minimum atomic E-state index is -3.98. The molecule has 20 heavy (non-hydrogen) atoms. The molecule has 0 aliphatic rings. The van der Waals surface area contributed by atoms with Crippen LogP contribution in [0.15, 0.2) is 39.9 Å². The molecular formula is C12H11NO5S2. The summed E-state index contributed by atoms with van der Waals surface area (Å²) in [4.78, 5) is 9.54. The summed E-state index contributed by atoms with van der Waals surface area (Å²) in [5, 5.41) is 11.9. The van der Waals surface area contributed by atoms with Crippen LogP contribution >= 0.6 is 11.3 Å². The highest BCUT2D eigenvalue weighted by Crippen LogP contribution is 2.34. The van der Waals surface area contributed by atoms with Gasteiger partial charge in [-0.3, -0.25) is 10.1 Å². The molecular weight excluding hydrogens is 302 g/mol. The molecule has 2 aromatic rings. The maximum Gasteiger partial charge on any atom is 0.306 e. The summed E-state index contributed by atoms with van der Waals surface area (Å²) >= 11 is 0.903. The van der Waals surface area contributed by atoms with Gasteiger partial charge in [0.1, 0.15) is 5.75 Å². The fourth-order valence-electron chi connectivity index (χ4n) is 1.52. The summed E-state index contributed by atoms with van der Waals surface area (Å²) in [6, 6.07) is 8.55. The molecule has 0 bridgehead atoms. The Morgan fingerprint density at radius 3 is 2.50 bits per heavy atom. The predicted octanol–water partition coefficient (Wildman–Crippen LogP) is 2.86. The topological polar surface area (TPSA) is 86.5 Å². The molecule has 0 spiro atoms. The van der Waals surface area contributed by atoms with Crippen LogP contribution in [0, 0.1) is 17.0 Å². The smallest absolute Gasteiger partial charge is 0.306 e. The van der Waals surface area contributed by atoms with E-state index in [-0.39, 0.29) is 9.96 Å². The van der Waals surface area contributed by atoms with Gasteiger partial charge in [0.2, 0.25) is 0 Å². The minimum Gasteiger partial charge on any atom is -0.455 e. The lowest BCUT2D eigenvalue weighted by Crippen LogP contribution is -2.13. The minimum absolute atomic E-state index is 0.112. The van der Waals surface area contributed by atoms with Gasteiger partial charge in [-0.25, -0.2) is 8.42 Å². The lowest BCUT2D eigenvalue weighted by molar-refractivity contribution is -0.458. The molecule has 8 heteroatoms. The Morgan fingerprint density at radius 2 is 1.90 bits per heavy atom. The molecule has 0 radical (unpaired) electrons. The number of sulfone groups is 1. The second-order valence-electron chi connectivity index (χ2n) is 4.06. The molecule has 0 saturated heterocycles. The number of hydrogen-bond acceptors (Lipinski definition) is 6. The summed E-state index contributed by atoms with van der Waals surface area (Å²) in [6.07, 6.45) is 0. The molecule has 0 unspecified atom stereocenters. The molecule has 6 nitrogen and oxygen atoms in total. The van der Waals surface area contributed by atoms with E-state index in [0.29, 0.717) is 5.75 Å². The number of nitro groups is 1. The zero-order valence-corrected chi connectivity index (χ0v) is 12.1. The molecule has 0 N–H and O–H groups in total. The summed E-state index contributed by atoms with van der Waals surface area (Å²) in [5.41, 5.74) is 1.05. The van der Waals surface area contributed by atoms with Crippen molar-refractivity contribution < 1.29 is 18.1 Å². The zero-order valence-electron chi connectivity index (χ0n) is 10.5. The van der Waals surface area contributed by atoms with Crippen LogP contribution in [-0.2, 0) is 9.84 Å². The van der Waals surface area contributed by atoms with Crippen LogP contribution in [0.1, 0.15) is 5.56 Å². The normalized spacial score (nSPS) is 11.2. The van der Waals surface area contributed by atoms with Crippen molar-refractivity contribution >= 4 is 21.2 Å². The van der Waals surface area contributed by atoms with Gasteiger partial charge < -0.3 is 4.74 Å². The standard InChI is InChI=1S/C12H11NO5S2/c1-9-2-4-10(5-3-9)18-11-6-7-19-12(11)20(16,17)8-13(14)15/h2-7H,8H2,1H3. The van der Waals surface area contributed by atoms with Crippen molar-refractivity contribution in [2.45, 2.75) is 11.1 Å². The summed E-state index contributed by atoms with van der Waals surface area (Å²) < 4.78 is 29.1. The van der Waals surface area contributed by atoms with Gasteiger partial charge in [-0.2, -0.15) is 0 Å². The predicted molar refractivity (Wildman–Crippen MR) is 74.6 cm³/mol. The second kappa shape index (κ2) is 5.59. The monoisotopic (exact) mass is 313 g/mol. The maximum absolute atomic E-state index is 11.9. The van der Waals surface area contributed by atoms with Crippen LogP contribution in [0.3, 0.4) is 0 Å². The summed E-state index contributed by atoms with van der Waals surface area (Å²) in [5.74, 6) is -0.551. The first kappa shape index (κ1) is 14.5. The Balaban J connectivity index is 2.29. The molecule has 106 valence electrons. The molecule has 0 aliphatic heterocycles. The van der Waals surface area contributed by atoms with E-state index in [9.17, 15) is 18.5 Å². The van der Waals surface area contributed by atoms with Crippen molar-refractivity contribution in [2.75, 3.05) is 5.88 Å². The Morgan fingerprint density at radius 1 is 1.25 bits per heavy atom. The zero-order chi connectivity index (χ0) is 14.8. The van der Waals surface area contributed by atoms with Gasteiger partial charge in [0.15, 0.2) is 9.96 Å². The molecule has 1 heterocycles. The van der Waals surface area contributed by atoms with E-state index < -0.39 is 20.6 Å². The van der Waals surface area contributed by atoms with Crippen LogP contribution < -0.4 is 4.74 Å². The first-order chi connectivity index (χ1) is 9.38. The van der Waals surface area contributed by atoms with E-state index >= 15 is 0 Å². The van der Waals surface area contributed by atoms with Crippen molar-refractivity contribution in [1.29, 1.82) is 0 Å². The average Bonchev–Trinajstić information content (AvgIpc) is 2.79. The fraction of sp³-hybridized carbons (Fsp3) is 0.167. The highest BCUT2D eigenvalue weighted by molar-refractivity contribution is 7.93. The number of thiophene rings is 1. The lowest BCUT2D eigenvalue weighted by Gasteiger charge is -2.06. The third kappa shape index (κ3) is 3.34. The lowest BCUT2D eigenvalue weighted by atomic mass is 10.2. The molecule has 0 saturated carbocycles. The van der Waals surface area contributed by atoms with Crippen molar-refractivity contribution in [3.05, 3.63) is 51.4 Å². The third-order valence-electron chi connectivity index (χ3n) is 2.40. The van der Waals surface area contributed by atoms with E-state index in [0.717, 1.165) is 16.9 Å². The van der Waals surface area contributed by atoms with Gasteiger partial charge in [-0.05, 0) is 30.5 Å². The molecule has 2 rings (SSSR count). The van der Waals surface area contributed by atoms with Gasteiger partial charge in [0.05, 0.1) is 0 Å². The van der Waals surface area contributed by atoms with Crippen LogP contribution in [0.25, 0.3) is 0 Å². The van der Waals surface area contributed by atoms with Crippen LogP contribution in [0.5, 0.6) is 11.5 Å². The summed E-state index contributed by atoms with van der Waals surface area (Å²) in [6.45, 7) is 1.92. The number of hydrogen-bond donors (Lipinski definition) is 0. The number of nitrogens with zero attached hydrogens (tertiary/aromatic N) is 1. The van der Waals surface area contributed by atoms with Gasteiger partial charge >= 0.3 is 5.88 Å². The van der Waals surface area contributed by atoms with Crippen LogP contribution in [0.4, 0.5) is 0 Å². The second-order valence-corrected chi connectivity index (χ2v) is 7.13. The van der Waals surface area contributed by atoms with Crippen molar-refractivity contribution in [3.63, 3.8) is 0 Å². The van der Waals surface area contributed by atoms with Gasteiger partial charge in [-0.15, -0.1) is 11.3 Å². The molecule has 0 atom stereocenters. The fourth-order valence-corrected chi connectivity index (χ4v) is 3.78. The number of ether oxygens (including phenoxy) is 1. The quantitative estimate of drug-likeness (QED) is 0.625. The van der Waals surface area contributed by atoms with Crippen LogP contribution in [0.2, 0.25) is 0 Å². The van der Waals surface area contributed by atoms with Gasteiger partial charge in [0, 0.05) is 4.92 Å². The van der Waals surface area contributed by atoms with Gasteiger partial charge in [0.25, 0.3) is 9.84 Å². The highest BCUT2D eigenvalue weighted by atomic mass is 32.2. The van der Waals surface area contributed by atoms with E-state index in [1.54, 1.807) is 12.1 Å². The Labute approximate surface area is 119 Å². The van der Waals surface area contributed by atoms with E-state index in [2.05, 4.69) is 0 Å². The summed E-state index contributed by atoms with van der Waals surface area (Å²) in [7, 11) is -3.98. The molecule has 0 fully saturated rings. The van der Waals surface area contributed by atoms with Gasteiger partial charge in [-0.1, -0.05) is 17.7 Å². The Hall–Kier alpha value is -1.93. The molecule has 0 aliphatic carbocycles. The van der Waals surface area contributed by atoms with Crippen molar-refractivity contribution in [3.8, 4) is 11.5 Å². The Kier molecular flexibility index (Phi) is 4.05. The average molecular weight is 313 g/mol. The third-order valence-corrected chi connectivity index (χ3v) is 5.46. The number of aryl methyl sites for hydroxylation is 1. The van der Waals surface area contributed by atoms with Crippen LogP contribution in [-0.4, -0.2) is 19.2 Å². The largest absolute Gasteiger partial charge is 0.455 e. The first-order valence-electron chi connectivity index (χ1n) is 5.55. The highest BCUT2D eigenvalue weighted by Gasteiger charge is 2.27.